The van der Waals surface area contributed by atoms with Crippen LogP contribution < -0.4 is 0 Å². The third-order valence-electron chi connectivity index (χ3n) is 45.8. The smallest absolute Gasteiger partial charge is 0.0577 e. The molecule has 4 nitrogen and oxygen atoms in total. The molecule has 0 heterocycles. The average Bonchev–Trinajstić information content (AvgIpc) is 1.43. The Kier molecular flexibility index (Phi) is 30.7. The summed E-state index contributed by atoms with van der Waals surface area (Å²) in [5.41, 5.74) is 7.45. The van der Waals surface area contributed by atoms with Gasteiger partial charge >= 0.3 is 0 Å². The molecule has 0 aromatic carbocycles. The number of hydrogen-bond acceptors (Lipinski definition) is 4. The van der Waals surface area contributed by atoms with Crippen molar-refractivity contribution in [2.45, 2.75) is 473 Å². The SMILES string of the molecule is CC(C)[C@H](C)CC[C@@H](C)[C@H]1CC[C@H]2[C@@H]3CC=C4C[C@@H](O)CC[C@]4(C)[C@H]3CC[C@]12C.CC(C)[C@H](C)CC[C@@H](C)[C@H]1CC[C@H]2[C@@H]3CC[C@H]4C[C@@H](O)CC[C@]4(C)[C@H]3CC[C@]12C.CC[C@H](CC[C@@H](C)[C@H]1CC[C@H]2[C@@H]3CC=C4C[C@@H](O)CC[C@]4(C)[C@H]3CC[C@]12C)C(C)C.CC[C@H](CC[C@@H](C)[C@H]1CC[C@H]2[C@@H]3CC[C@H]4C[C@@H](O)CC[C@]4(C)[C@H]3CC[C@]12C)C(C)C. The molecular weight excluding hydrogens is 1430 g/mol. The minimum Gasteiger partial charge on any atom is -0.393 e. The number of aliphatic hydroxyl groups excluding tert-OH is 4. The highest BCUT2D eigenvalue weighted by atomic mass is 16.3. The van der Waals surface area contributed by atoms with Gasteiger partial charge in [-0.1, -0.05) is 241 Å². The second kappa shape index (κ2) is 38.2. The molecular formula is C114H200O4. The molecule has 118 heavy (non-hydrogen) atoms. The molecule has 38 atom stereocenters. The zero-order chi connectivity index (χ0) is 85.3. The van der Waals surface area contributed by atoms with Crippen molar-refractivity contribution in [2.24, 2.45) is 221 Å². The number of allylic oxidation sites excluding steroid dienone is 2. The van der Waals surface area contributed by atoms with E-state index in [-0.39, 0.29) is 24.4 Å². The van der Waals surface area contributed by atoms with E-state index in [0.29, 0.717) is 43.3 Å². The predicted octanol–water partition coefficient (Wildman–Crippen LogP) is 31.5. The highest BCUT2D eigenvalue weighted by Gasteiger charge is 2.65. The largest absolute Gasteiger partial charge is 0.393 e. The molecule has 16 aliphatic carbocycles. The van der Waals surface area contributed by atoms with Gasteiger partial charge in [-0.3, -0.25) is 0 Å². The summed E-state index contributed by atoms with van der Waals surface area (Å²) in [6.45, 7) is 60.6. The standard InChI is InChI=1S/C29H52O.C29H50O.C28H50O.C28H48O/c2*1-7-21(19(2)3)9-8-20(4)25-12-13-26-24-11-10-22-18-23(30)14-16-28(22,5)27(24)15-17-29(25,26)6;2*1-18(2)19(3)7-8-20(4)24-11-12-25-23-10-9-21-17-22(29)13-15-27(21,5)26(23)14-16-28(24,25)6/h19-27,30H,7-18H2,1-6H3;10,19-21,23-27,30H,7-9,11-18H2,1-6H3;18-26,29H,7-17H2,1-6H3;9,18-20,22-26,29H,7-8,10-17H2,1-6H3/t20-,21-,22+,23+,24+,25-,26+,27+,28+,29-;20-,21-,23+,24+,25-,26+,27+,28+,29-;19-,20-,21+,22+,23+,24-,25+,26+,27+,28-;19-,20-,22+,23+,24-,25+,26+,27+,28-/m1111/s1. The summed E-state index contributed by atoms with van der Waals surface area (Å²) in [6, 6.07) is 0. The Hall–Kier alpha value is -0.680. The lowest BCUT2D eigenvalue weighted by molar-refractivity contribution is -0.129. The van der Waals surface area contributed by atoms with Crippen LogP contribution in [0.3, 0.4) is 0 Å². The third kappa shape index (κ3) is 18.3. The number of rotatable bonds is 22. The third-order valence-corrected chi connectivity index (χ3v) is 45.8. The molecule has 0 saturated heterocycles. The molecule has 14 saturated carbocycles. The lowest BCUT2D eigenvalue weighted by Gasteiger charge is -2.61. The molecule has 0 aliphatic heterocycles. The number of hydrogen-bond donors (Lipinski definition) is 4. The summed E-state index contributed by atoms with van der Waals surface area (Å²) >= 11 is 0. The molecule has 14 fully saturated rings. The minimum absolute atomic E-state index is 0.0107. The molecule has 4 heteroatoms. The number of aliphatic hydroxyl groups is 4. The first-order valence-corrected chi connectivity index (χ1v) is 53.8. The quantitative estimate of drug-likeness (QED) is 0.0815. The van der Waals surface area contributed by atoms with Gasteiger partial charge in [0.25, 0.3) is 0 Å². The van der Waals surface area contributed by atoms with Gasteiger partial charge in [0.1, 0.15) is 0 Å². The fourth-order valence-corrected chi connectivity index (χ4v) is 37.2. The van der Waals surface area contributed by atoms with Crippen molar-refractivity contribution in [1.82, 2.24) is 0 Å². The lowest BCUT2D eigenvalue weighted by atomic mass is 9.44. The first-order valence-electron chi connectivity index (χ1n) is 53.8. The van der Waals surface area contributed by atoms with Gasteiger partial charge in [-0.2, -0.15) is 0 Å². The van der Waals surface area contributed by atoms with Crippen molar-refractivity contribution in [3.63, 3.8) is 0 Å². The van der Waals surface area contributed by atoms with Gasteiger partial charge < -0.3 is 20.4 Å². The summed E-state index contributed by atoms with van der Waals surface area (Å²) < 4.78 is 0. The van der Waals surface area contributed by atoms with E-state index in [9.17, 15) is 20.4 Å². The van der Waals surface area contributed by atoms with Crippen LogP contribution in [0, 0.1) is 221 Å². The molecule has 0 radical (unpaired) electrons. The molecule has 0 aromatic rings. The number of fused-ring (bicyclic) bond motifs is 20. The van der Waals surface area contributed by atoms with Crippen LogP contribution in [0.4, 0.5) is 0 Å². The van der Waals surface area contributed by atoms with Crippen LogP contribution in [0.5, 0.6) is 0 Å². The summed E-state index contributed by atoms with van der Waals surface area (Å²) in [5.74, 6) is 27.2. The monoisotopic (exact) mass is 1630 g/mol. The summed E-state index contributed by atoms with van der Waals surface area (Å²) in [5, 5.41) is 41.0. The Labute approximate surface area is 733 Å². The second-order valence-corrected chi connectivity index (χ2v) is 51.9. The van der Waals surface area contributed by atoms with Crippen LogP contribution in [0.1, 0.15) is 449 Å². The molecule has 0 spiro atoms. The zero-order valence-corrected chi connectivity index (χ0v) is 82.7. The van der Waals surface area contributed by atoms with E-state index in [1.165, 1.54) is 231 Å². The van der Waals surface area contributed by atoms with Crippen molar-refractivity contribution in [2.75, 3.05) is 0 Å². The maximum atomic E-state index is 10.3. The summed E-state index contributed by atoms with van der Waals surface area (Å²) in [7, 11) is 0. The predicted molar refractivity (Wildman–Crippen MR) is 504 cm³/mol. The van der Waals surface area contributed by atoms with Crippen molar-refractivity contribution in [3.8, 4) is 0 Å². The van der Waals surface area contributed by atoms with Gasteiger partial charge in [0, 0.05) is 0 Å². The van der Waals surface area contributed by atoms with Crippen LogP contribution >= 0.6 is 0 Å². The normalized spacial score (nSPS) is 47.3. The molecule has 0 amide bonds. The Morgan fingerprint density at radius 1 is 0.280 bits per heavy atom. The van der Waals surface area contributed by atoms with E-state index in [1.807, 2.05) is 0 Å². The first kappa shape index (κ1) is 94.9. The summed E-state index contributed by atoms with van der Waals surface area (Å²) in [6.07, 6.45) is 64.5. The Balaban J connectivity index is 0.000000136. The maximum Gasteiger partial charge on any atom is 0.0577 e. The van der Waals surface area contributed by atoms with Gasteiger partial charge in [-0.25, -0.2) is 0 Å². The van der Waals surface area contributed by atoms with E-state index in [4.69, 9.17) is 0 Å². The fraction of sp³-hybridized carbons (Fsp3) is 0.965. The Morgan fingerprint density at radius 3 is 0.864 bits per heavy atom. The first-order chi connectivity index (χ1) is 55.7. The molecule has 680 valence electrons. The van der Waals surface area contributed by atoms with Gasteiger partial charge in [0.15, 0.2) is 0 Å². The van der Waals surface area contributed by atoms with Gasteiger partial charge in [0.2, 0.25) is 0 Å². The van der Waals surface area contributed by atoms with E-state index in [2.05, 4.69) is 178 Å². The van der Waals surface area contributed by atoms with Gasteiger partial charge in [-0.05, 0) is 452 Å². The van der Waals surface area contributed by atoms with Crippen molar-refractivity contribution < 1.29 is 20.4 Å². The summed E-state index contributed by atoms with van der Waals surface area (Å²) in [4.78, 5) is 0. The Morgan fingerprint density at radius 2 is 0.559 bits per heavy atom. The highest BCUT2D eigenvalue weighted by molar-refractivity contribution is 5.28. The van der Waals surface area contributed by atoms with Gasteiger partial charge in [0.05, 0.1) is 24.4 Å². The van der Waals surface area contributed by atoms with Crippen LogP contribution in [-0.4, -0.2) is 44.8 Å². The second-order valence-electron chi connectivity index (χ2n) is 51.9. The van der Waals surface area contributed by atoms with Crippen molar-refractivity contribution in [3.05, 3.63) is 23.3 Å². The van der Waals surface area contributed by atoms with Crippen molar-refractivity contribution >= 4 is 0 Å². The Bertz CT molecular complexity index is 3250. The fourth-order valence-electron chi connectivity index (χ4n) is 37.2. The van der Waals surface area contributed by atoms with E-state index >= 15 is 0 Å². The van der Waals surface area contributed by atoms with Gasteiger partial charge in [-0.15, -0.1) is 0 Å². The van der Waals surface area contributed by atoms with E-state index in [1.54, 1.807) is 11.1 Å². The van der Waals surface area contributed by atoms with Crippen LogP contribution in [-0.2, 0) is 0 Å². The molecule has 16 rings (SSSR count). The van der Waals surface area contributed by atoms with Crippen molar-refractivity contribution in [1.29, 1.82) is 0 Å². The average molecular weight is 1630 g/mol. The van der Waals surface area contributed by atoms with E-state index < -0.39 is 0 Å². The lowest BCUT2D eigenvalue weighted by Crippen LogP contribution is -2.54. The van der Waals surface area contributed by atoms with Crippen LogP contribution in [0.25, 0.3) is 0 Å². The van der Waals surface area contributed by atoms with Crippen LogP contribution in [0.15, 0.2) is 23.3 Å². The van der Waals surface area contributed by atoms with E-state index in [0.717, 1.165) is 229 Å². The minimum atomic E-state index is -0.0794. The maximum absolute atomic E-state index is 10.3. The molecule has 0 aromatic heterocycles. The highest BCUT2D eigenvalue weighted by Crippen LogP contribution is 2.74. The van der Waals surface area contributed by atoms with Crippen LogP contribution in [0.2, 0.25) is 0 Å². The topological polar surface area (TPSA) is 80.9 Å². The molecule has 16 aliphatic rings. The zero-order valence-electron chi connectivity index (χ0n) is 82.7. The molecule has 4 N–H and O–H groups in total. The molecule has 0 bridgehead atoms. The molecule has 0 unspecified atom stereocenters.